The Morgan fingerprint density at radius 1 is 1.25 bits per heavy atom. The number of nitrogens with zero attached hydrogens (tertiary/aromatic N) is 2. The van der Waals surface area contributed by atoms with Crippen molar-refractivity contribution in [3.63, 3.8) is 0 Å². The van der Waals surface area contributed by atoms with E-state index in [1.807, 2.05) is 43.6 Å². The first-order valence-electron chi connectivity index (χ1n) is 6.80. The molecular formula is C16H20ClN3. The van der Waals surface area contributed by atoms with Gasteiger partial charge < -0.3 is 10.6 Å². The van der Waals surface area contributed by atoms with Crippen LogP contribution in [0, 0.1) is 0 Å². The molecule has 1 heterocycles. The summed E-state index contributed by atoms with van der Waals surface area (Å²) in [5.41, 5.74) is 9.21. The molecule has 2 N–H and O–H groups in total. The van der Waals surface area contributed by atoms with Crippen LogP contribution < -0.4 is 10.6 Å². The fraction of sp³-hybridized carbons (Fsp3) is 0.312. The summed E-state index contributed by atoms with van der Waals surface area (Å²) in [5.74, 6) is 0. The fourth-order valence-electron chi connectivity index (χ4n) is 2.18. The van der Waals surface area contributed by atoms with Gasteiger partial charge in [-0.15, -0.1) is 0 Å². The Balaban J connectivity index is 2.22. The maximum atomic E-state index is 6.31. The van der Waals surface area contributed by atoms with Crippen molar-refractivity contribution in [1.29, 1.82) is 0 Å². The largest absolute Gasteiger partial charge is 0.367 e. The average molecular weight is 290 g/mol. The highest BCUT2D eigenvalue weighted by Crippen LogP contribution is 2.27. The van der Waals surface area contributed by atoms with E-state index in [0.717, 1.165) is 29.4 Å². The zero-order valence-electron chi connectivity index (χ0n) is 11.9. The standard InChI is InChI=1S/C16H20ClN3/c1-3-20(11-13-6-8-19-9-7-13)14-4-5-15(12(2)18)16(17)10-14/h4-10,12H,3,11,18H2,1-2H3. The summed E-state index contributed by atoms with van der Waals surface area (Å²) in [6.07, 6.45) is 3.63. The molecule has 1 atom stereocenters. The van der Waals surface area contributed by atoms with Gasteiger partial charge in [0.2, 0.25) is 0 Å². The first-order chi connectivity index (χ1) is 9.61. The lowest BCUT2D eigenvalue weighted by atomic mass is 10.1. The van der Waals surface area contributed by atoms with Crippen molar-refractivity contribution in [2.24, 2.45) is 5.73 Å². The van der Waals surface area contributed by atoms with Gasteiger partial charge in [-0.3, -0.25) is 4.98 Å². The van der Waals surface area contributed by atoms with Crippen LogP contribution in [0.15, 0.2) is 42.7 Å². The van der Waals surface area contributed by atoms with Crippen molar-refractivity contribution < 1.29 is 0 Å². The molecule has 4 heteroatoms. The lowest BCUT2D eigenvalue weighted by Gasteiger charge is -2.24. The summed E-state index contributed by atoms with van der Waals surface area (Å²) in [6.45, 7) is 5.83. The van der Waals surface area contributed by atoms with Gasteiger partial charge in [0.15, 0.2) is 0 Å². The van der Waals surface area contributed by atoms with Gasteiger partial charge >= 0.3 is 0 Å². The van der Waals surface area contributed by atoms with Gasteiger partial charge in [-0.2, -0.15) is 0 Å². The summed E-state index contributed by atoms with van der Waals surface area (Å²) in [6, 6.07) is 10.1. The molecule has 0 aliphatic carbocycles. The van der Waals surface area contributed by atoms with E-state index < -0.39 is 0 Å². The number of aromatic nitrogens is 1. The molecule has 1 aromatic carbocycles. The van der Waals surface area contributed by atoms with Gasteiger partial charge in [0, 0.05) is 42.2 Å². The minimum absolute atomic E-state index is 0.0492. The van der Waals surface area contributed by atoms with Crippen molar-refractivity contribution in [2.75, 3.05) is 11.4 Å². The van der Waals surface area contributed by atoms with Crippen molar-refractivity contribution in [3.05, 3.63) is 58.9 Å². The third-order valence-electron chi connectivity index (χ3n) is 3.34. The molecule has 1 unspecified atom stereocenters. The minimum atomic E-state index is -0.0492. The molecule has 0 saturated heterocycles. The molecule has 0 spiro atoms. The predicted octanol–water partition coefficient (Wildman–Crippen LogP) is 3.78. The van der Waals surface area contributed by atoms with Gasteiger partial charge in [0.05, 0.1) is 0 Å². The number of nitrogens with two attached hydrogens (primary N) is 1. The minimum Gasteiger partial charge on any atom is -0.367 e. The van der Waals surface area contributed by atoms with E-state index in [1.54, 1.807) is 0 Å². The van der Waals surface area contributed by atoms with Crippen LogP contribution >= 0.6 is 11.6 Å². The Morgan fingerprint density at radius 3 is 2.50 bits per heavy atom. The van der Waals surface area contributed by atoms with Crippen LogP contribution in [0.4, 0.5) is 5.69 Å². The molecule has 2 rings (SSSR count). The summed E-state index contributed by atoms with van der Waals surface area (Å²) >= 11 is 6.31. The van der Waals surface area contributed by atoms with E-state index in [1.165, 1.54) is 5.56 Å². The first kappa shape index (κ1) is 14.8. The molecule has 0 fully saturated rings. The van der Waals surface area contributed by atoms with E-state index in [0.29, 0.717) is 0 Å². The number of benzene rings is 1. The van der Waals surface area contributed by atoms with Crippen LogP contribution in [0.5, 0.6) is 0 Å². The highest BCUT2D eigenvalue weighted by atomic mass is 35.5. The van der Waals surface area contributed by atoms with Gasteiger partial charge in [-0.05, 0) is 49.2 Å². The van der Waals surface area contributed by atoms with E-state index in [4.69, 9.17) is 17.3 Å². The maximum Gasteiger partial charge on any atom is 0.0474 e. The lowest BCUT2D eigenvalue weighted by molar-refractivity contribution is 0.810. The molecule has 0 bridgehead atoms. The van der Waals surface area contributed by atoms with Gasteiger partial charge in [0.25, 0.3) is 0 Å². The van der Waals surface area contributed by atoms with Crippen molar-refractivity contribution in [3.8, 4) is 0 Å². The number of halogens is 1. The fourth-order valence-corrected chi connectivity index (χ4v) is 2.52. The molecule has 0 radical (unpaired) electrons. The highest BCUT2D eigenvalue weighted by Gasteiger charge is 2.10. The smallest absolute Gasteiger partial charge is 0.0474 e. The molecule has 20 heavy (non-hydrogen) atoms. The Bertz CT molecular complexity index is 555. The second kappa shape index (κ2) is 6.73. The Labute approximate surface area is 125 Å². The van der Waals surface area contributed by atoms with E-state index in [-0.39, 0.29) is 6.04 Å². The molecule has 1 aromatic heterocycles. The first-order valence-corrected chi connectivity index (χ1v) is 7.18. The lowest BCUT2D eigenvalue weighted by Crippen LogP contribution is -2.22. The summed E-state index contributed by atoms with van der Waals surface area (Å²) in [7, 11) is 0. The Kier molecular flexibility index (Phi) is 4.99. The predicted molar refractivity (Wildman–Crippen MR) is 85.0 cm³/mol. The molecule has 0 amide bonds. The topological polar surface area (TPSA) is 42.2 Å². The molecule has 0 saturated carbocycles. The maximum absolute atomic E-state index is 6.31. The molecule has 0 aliphatic rings. The third-order valence-corrected chi connectivity index (χ3v) is 3.67. The zero-order chi connectivity index (χ0) is 14.5. The summed E-state index contributed by atoms with van der Waals surface area (Å²) in [5, 5.41) is 0.727. The van der Waals surface area contributed by atoms with Crippen LogP contribution in [0.2, 0.25) is 5.02 Å². The summed E-state index contributed by atoms with van der Waals surface area (Å²) in [4.78, 5) is 6.31. The number of rotatable bonds is 5. The van der Waals surface area contributed by atoms with Crippen LogP contribution in [0.25, 0.3) is 0 Å². The molecule has 106 valence electrons. The van der Waals surface area contributed by atoms with Crippen molar-refractivity contribution in [2.45, 2.75) is 26.4 Å². The van der Waals surface area contributed by atoms with Gasteiger partial charge in [-0.1, -0.05) is 17.7 Å². The van der Waals surface area contributed by atoms with Crippen LogP contribution in [0.3, 0.4) is 0 Å². The molecule has 2 aromatic rings. The Morgan fingerprint density at radius 2 is 1.95 bits per heavy atom. The molecule has 3 nitrogen and oxygen atoms in total. The quantitative estimate of drug-likeness (QED) is 0.911. The number of anilines is 1. The molecule has 0 aliphatic heterocycles. The Hall–Kier alpha value is -1.58. The van der Waals surface area contributed by atoms with Gasteiger partial charge in [-0.25, -0.2) is 0 Å². The third kappa shape index (κ3) is 3.50. The van der Waals surface area contributed by atoms with Crippen molar-refractivity contribution >= 4 is 17.3 Å². The number of pyridine rings is 1. The second-order valence-electron chi connectivity index (χ2n) is 4.86. The van der Waals surface area contributed by atoms with E-state index >= 15 is 0 Å². The van der Waals surface area contributed by atoms with E-state index in [2.05, 4.69) is 22.9 Å². The monoisotopic (exact) mass is 289 g/mol. The molecular weight excluding hydrogens is 270 g/mol. The average Bonchev–Trinajstić information content (AvgIpc) is 2.45. The van der Waals surface area contributed by atoms with Crippen LogP contribution in [0.1, 0.15) is 31.0 Å². The SMILES string of the molecule is CCN(Cc1ccncc1)c1ccc(C(C)N)c(Cl)c1. The normalized spacial score (nSPS) is 12.2. The van der Waals surface area contributed by atoms with Crippen LogP contribution in [-0.2, 0) is 6.54 Å². The van der Waals surface area contributed by atoms with Crippen LogP contribution in [-0.4, -0.2) is 11.5 Å². The number of hydrogen-bond acceptors (Lipinski definition) is 3. The zero-order valence-corrected chi connectivity index (χ0v) is 12.6. The van der Waals surface area contributed by atoms with E-state index in [9.17, 15) is 0 Å². The second-order valence-corrected chi connectivity index (χ2v) is 5.27. The number of hydrogen-bond donors (Lipinski definition) is 1. The summed E-state index contributed by atoms with van der Waals surface area (Å²) < 4.78 is 0. The van der Waals surface area contributed by atoms with Crippen molar-refractivity contribution in [1.82, 2.24) is 4.98 Å². The highest BCUT2D eigenvalue weighted by molar-refractivity contribution is 6.31. The van der Waals surface area contributed by atoms with Gasteiger partial charge in [0.1, 0.15) is 0 Å².